The molecule has 0 radical (unpaired) electrons. The van der Waals surface area contributed by atoms with Gasteiger partial charge in [0.15, 0.2) is 0 Å². The van der Waals surface area contributed by atoms with E-state index in [0.29, 0.717) is 11.7 Å². The molecule has 0 aromatic carbocycles. The summed E-state index contributed by atoms with van der Waals surface area (Å²) in [5, 5.41) is 13.3. The number of carboxylic acid groups (broad SMARTS) is 1. The van der Waals surface area contributed by atoms with Crippen molar-refractivity contribution < 1.29 is 14.4 Å². The molecule has 2 rings (SSSR count). The maximum Gasteiger partial charge on any atom is 0.310 e. The van der Waals surface area contributed by atoms with Gasteiger partial charge in [0.25, 0.3) is 0 Å². The fourth-order valence-electron chi connectivity index (χ4n) is 1.70. The molecule has 2 heterocycles. The number of carboxylic acids is 1. The van der Waals surface area contributed by atoms with E-state index in [2.05, 4.69) is 26.1 Å². The summed E-state index contributed by atoms with van der Waals surface area (Å²) in [7, 11) is 0. The van der Waals surface area contributed by atoms with Gasteiger partial charge >= 0.3 is 5.97 Å². The van der Waals surface area contributed by atoms with Gasteiger partial charge in [0, 0.05) is 6.42 Å². The van der Waals surface area contributed by atoms with Gasteiger partial charge in [-0.15, -0.1) is 11.3 Å². The summed E-state index contributed by atoms with van der Waals surface area (Å²) < 4.78 is 6.17. The second kappa shape index (κ2) is 5.65. The van der Waals surface area contributed by atoms with Gasteiger partial charge < -0.3 is 9.63 Å². The summed E-state index contributed by atoms with van der Waals surface area (Å²) in [6.45, 7) is 5.45. The molecule has 0 spiro atoms. The van der Waals surface area contributed by atoms with Crippen LogP contribution in [0.1, 0.15) is 26.7 Å². The molecule has 7 heteroatoms. The Morgan fingerprint density at radius 3 is 2.75 bits per heavy atom. The Balaban J connectivity index is 2.23. The Morgan fingerprint density at radius 2 is 2.25 bits per heavy atom. The second-order valence-electron chi connectivity index (χ2n) is 5.17. The predicted octanol–water partition coefficient (Wildman–Crippen LogP) is 3.85. The molecular weight excluding hydrogens is 344 g/mol. The van der Waals surface area contributed by atoms with Gasteiger partial charge in [-0.1, -0.05) is 19.0 Å². The minimum absolute atomic E-state index is 0.0359. The zero-order valence-electron chi connectivity index (χ0n) is 11.4. The van der Waals surface area contributed by atoms with Crippen LogP contribution in [0.2, 0.25) is 0 Å². The van der Waals surface area contributed by atoms with E-state index >= 15 is 0 Å². The van der Waals surface area contributed by atoms with Crippen molar-refractivity contribution in [1.82, 2.24) is 10.1 Å². The summed E-state index contributed by atoms with van der Waals surface area (Å²) in [5.41, 5.74) is -0.917. The third-order valence-electron chi connectivity index (χ3n) is 3.54. The Morgan fingerprint density at radius 1 is 1.55 bits per heavy atom. The van der Waals surface area contributed by atoms with Gasteiger partial charge in [-0.05, 0) is 40.9 Å². The Bertz CT molecular complexity index is 623. The van der Waals surface area contributed by atoms with Crippen LogP contribution in [-0.2, 0) is 11.2 Å². The zero-order valence-corrected chi connectivity index (χ0v) is 13.8. The van der Waals surface area contributed by atoms with Crippen molar-refractivity contribution in [2.75, 3.05) is 0 Å². The van der Waals surface area contributed by atoms with Crippen molar-refractivity contribution in [3.05, 3.63) is 21.8 Å². The lowest BCUT2D eigenvalue weighted by Crippen LogP contribution is -2.35. The molecule has 2 aromatic rings. The normalized spacial score (nSPS) is 14.4. The number of aliphatic carboxylic acids is 1. The fourth-order valence-corrected chi connectivity index (χ4v) is 3.01. The van der Waals surface area contributed by atoms with Gasteiger partial charge in [0.05, 0.1) is 14.1 Å². The molecule has 0 saturated carbocycles. The number of carbonyl (C=O) groups is 1. The van der Waals surface area contributed by atoms with E-state index in [-0.39, 0.29) is 12.3 Å². The van der Waals surface area contributed by atoms with Gasteiger partial charge in [-0.25, -0.2) is 0 Å². The molecule has 0 aliphatic carbocycles. The molecule has 0 fully saturated rings. The number of rotatable bonds is 5. The molecule has 1 atom stereocenters. The topological polar surface area (TPSA) is 76.2 Å². The van der Waals surface area contributed by atoms with Crippen molar-refractivity contribution in [3.63, 3.8) is 0 Å². The summed E-state index contributed by atoms with van der Waals surface area (Å²) in [6.07, 6.45) is 0.222. The maximum absolute atomic E-state index is 11.5. The van der Waals surface area contributed by atoms with Crippen LogP contribution in [0.5, 0.6) is 0 Å². The quantitative estimate of drug-likeness (QED) is 0.878. The molecule has 0 amide bonds. The first kappa shape index (κ1) is 15.2. The molecule has 20 heavy (non-hydrogen) atoms. The third-order valence-corrected chi connectivity index (χ3v) is 5.16. The first-order valence-corrected chi connectivity index (χ1v) is 7.75. The summed E-state index contributed by atoms with van der Waals surface area (Å²) in [5.74, 6) is -0.0485. The van der Waals surface area contributed by atoms with Crippen LogP contribution in [-0.4, -0.2) is 21.2 Å². The van der Waals surface area contributed by atoms with Crippen LogP contribution in [0, 0.1) is 11.3 Å². The number of hydrogen-bond acceptors (Lipinski definition) is 5. The highest BCUT2D eigenvalue weighted by Crippen LogP contribution is 2.33. The van der Waals surface area contributed by atoms with Crippen molar-refractivity contribution in [2.24, 2.45) is 11.3 Å². The summed E-state index contributed by atoms with van der Waals surface area (Å²) >= 11 is 4.88. The highest BCUT2D eigenvalue weighted by atomic mass is 79.9. The van der Waals surface area contributed by atoms with Gasteiger partial charge in [-0.2, -0.15) is 4.98 Å². The molecule has 5 nitrogen and oxygen atoms in total. The number of halogens is 1. The van der Waals surface area contributed by atoms with E-state index in [0.717, 1.165) is 8.66 Å². The van der Waals surface area contributed by atoms with Crippen LogP contribution in [0.3, 0.4) is 0 Å². The van der Waals surface area contributed by atoms with Crippen molar-refractivity contribution in [3.8, 4) is 10.7 Å². The molecule has 0 aliphatic rings. The lowest BCUT2D eigenvalue weighted by molar-refractivity contribution is -0.150. The molecule has 0 saturated heterocycles. The largest absolute Gasteiger partial charge is 0.481 e. The summed E-state index contributed by atoms with van der Waals surface area (Å²) in [4.78, 5) is 16.6. The standard InChI is InChI=1S/C13H15BrN2O3S/c1-7(2)13(3,12(17)18)6-10-15-11(16-19-10)8-4-5-9(14)20-8/h4-5,7H,6H2,1-3H3,(H,17,18). The van der Waals surface area contributed by atoms with Crippen LogP contribution in [0.25, 0.3) is 10.7 Å². The highest BCUT2D eigenvalue weighted by Gasteiger charge is 2.38. The molecule has 108 valence electrons. The molecule has 0 aliphatic heterocycles. The molecular formula is C13H15BrN2O3S. The van der Waals surface area contributed by atoms with Crippen LogP contribution >= 0.6 is 27.3 Å². The Kier molecular flexibility index (Phi) is 4.29. The van der Waals surface area contributed by atoms with E-state index in [4.69, 9.17) is 4.52 Å². The fraction of sp³-hybridized carbons (Fsp3) is 0.462. The van der Waals surface area contributed by atoms with Crippen LogP contribution < -0.4 is 0 Å². The van der Waals surface area contributed by atoms with Crippen molar-refractivity contribution in [1.29, 1.82) is 0 Å². The van der Waals surface area contributed by atoms with Crippen LogP contribution in [0.4, 0.5) is 0 Å². The average Bonchev–Trinajstić information content (AvgIpc) is 2.97. The lowest BCUT2D eigenvalue weighted by atomic mass is 9.76. The third kappa shape index (κ3) is 2.93. The number of nitrogens with zero attached hydrogens (tertiary/aromatic N) is 2. The lowest BCUT2D eigenvalue weighted by Gasteiger charge is -2.27. The molecule has 2 aromatic heterocycles. The average molecular weight is 359 g/mol. The van der Waals surface area contributed by atoms with E-state index in [1.54, 1.807) is 6.92 Å². The van der Waals surface area contributed by atoms with E-state index in [1.165, 1.54) is 11.3 Å². The number of aromatic nitrogens is 2. The van der Waals surface area contributed by atoms with Gasteiger partial charge in [0.2, 0.25) is 11.7 Å². The van der Waals surface area contributed by atoms with Gasteiger partial charge in [-0.3, -0.25) is 4.79 Å². The van der Waals surface area contributed by atoms with E-state index in [1.807, 2.05) is 26.0 Å². The predicted molar refractivity (Wildman–Crippen MR) is 79.6 cm³/mol. The minimum atomic E-state index is -0.917. The highest BCUT2D eigenvalue weighted by molar-refractivity contribution is 9.11. The zero-order chi connectivity index (χ0) is 14.9. The van der Waals surface area contributed by atoms with E-state index < -0.39 is 11.4 Å². The Hall–Kier alpha value is -1.21. The maximum atomic E-state index is 11.5. The monoisotopic (exact) mass is 358 g/mol. The van der Waals surface area contributed by atoms with Crippen molar-refractivity contribution in [2.45, 2.75) is 27.2 Å². The molecule has 1 N–H and O–H groups in total. The second-order valence-corrected chi connectivity index (χ2v) is 7.63. The van der Waals surface area contributed by atoms with Crippen LogP contribution in [0.15, 0.2) is 20.4 Å². The SMILES string of the molecule is CC(C)C(C)(Cc1nc(-c2ccc(Br)s2)no1)C(=O)O. The van der Waals surface area contributed by atoms with E-state index in [9.17, 15) is 9.90 Å². The smallest absolute Gasteiger partial charge is 0.310 e. The number of hydrogen-bond donors (Lipinski definition) is 1. The minimum Gasteiger partial charge on any atom is -0.481 e. The number of thiophene rings is 1. The Labute approximate surface area is 129 Å². The molecule has 0 bridgehead atoms. The van der Waals surface area contributed by atoms with Gasteiger partial charge in [0.1, 0.15) is 0 Å². The molecule has 1 unspecified atom stereocenters. The first-order chi connectivity index (χ1) is 9.33. The first-order valence-electron chi connectivity index (χ1n) is 6.14. The summed E-state index contributed by atoms with van der Waals surface area (Å²) in [6, 6.07) is 3.80. The van der Waals surface area contributed by atoms with Crippen molar-refractivity contribution >= 4 is 33.2 Å².